The number of carbonyl (C=O) groups excluding carboxylic acids is 1. The number of hydrogen-bond donors (Lipinski definition) is 3. The van der Waals surface area contributed by atoms with Crippen LogP contribution in [0.5, 0.6) is 11.5 Å². The Morgan fingerprint density at radius 1 is 1.11 bits per heavy atom. The average Bonchev–Trinajstić information content (AvgIpc) is 3.37. The molecule has 2 aromatic heterocycles. The summed E-state index contributed by atoms with van der Waals surface area (Å²) in [5.74, 6) is -1.40. The molecule has 2 aromatic carbocycles. The van der Waals surface area contributed by atoms with E-state index in [2.05, 4.69) is 0 Å². The minimum atomic E-state index is -1.34. The zero-order valence-electron chi connectivity index (χ0n) is 25.7. The normalized spacial score (nSPS) is 13.0. The van der Waals surface area contributed by atoms with Gasteiger partial charge in [-0.15, -0.1) is 23.1 Å². The number of ketones is 1. The number of benzene rings is 2. The molecule has 248 valence electrons. The van der Waals surface area contributed by atoms with Gasteiger partial charge in [-0.3, -0.25) is 9.59 Å². The molecule has 0 spiro atoms. The number of aliphatic hydroxyl groups excluding tert-OH is 1. The van der Waals surface area contributed by atoms with Gasteiger partial charge in [0.1, 0.15) is 21.4 Å². The number of phenols is 1. The zero-order valence-corrected chi connectivity index (χ0v) is 28.8. The van der Waals surface area contributed by atoms with Crippen molar-refractivity contribution in [3.8, 4) is 11.5 Å². The first kappa shape index (κ1) is 36.3. The van der Waals surface area contributed by atoms with Crippen LogP contribution in [-0.2, 0) is 6.42 Å². The Bertz CT molecular complexity index is 1860. The molecule has 12 heteroatoms. The molecule has 4 aromatic rings. The Morgan fingerprint density at radius 3 is 2.57 bits per heavy atom. The fourth-order valence-corrected chi connectivity index (χ4v) is 7.45. The van der Waals surface area contributed by atoms with Crippen LogP contribution in [0.25, 0.3) is 11.0 Å². The number of ether oxygens (including phenoxy) is 1. The number of allylic oxidation sites excluding steroid dienone is 3. The summed E-state index contributed by atoms with van der Waals surface area (Å²) < 4.78 is 12.2. The van der Waals surface area contributed by atoms with Gasteiger partial charge >= 0.3 is 5.97 Å². The van der Waals surface area contributed by atoms with Gasteiger partial charge in [-0.05, 0) is 69.0 Å². The first-order chi connectivity index (χ1) is 22.5. The summed E-state index contributed by atoms with van der Waals surface area (Å²) in [6.45, 7) is 3.89. The summed E-state index contributed by atoms with van der Waals surface area (Å²) in [5, 5.41) is 30.8. The molecule has 47 heavy (non-hydrogen) atoms. The van der Waals surface area contributed by atoms with Gasteiger partial charge in [-0.2, -0.15) is 0 Å². The molecule has 0 fully saturated rings. The highest BCUT2D eigenvalue weighted by Gasteiger charge is 2.24. The number of thiophene rings is 1. The molecular formula is C35H34Cl2O8S2. The lowest BCUT2D eigenvalue weighted by atomic mass is 10.0. The lowest BCUT2D eigenvalue weighted by Gasteiger charge is -2.19. The quantitative estimate of drug-likeness (QED) is 0.0449. The molecule has 0 aliphatic rings. The van der Waals surface area contributed by atoms with Crippen LogP contribution in [0.1, 0.15) is 77.7 Å². The molecule has 0 bridgehead atoms. The molecule has 0 aliphatic carbocycles. The molecular weight excluding hydrogens is 683 g/mol. The minimum absolute atomic E-state index is 0.00272. The lowest BCUT2D eigenvalue weighted by molar-refractivity contribution is 0.0662. The smallest absolute Gasteiger partial charge is 0.371 e. The highest BCUT2D eigenvalue weighted by atomic mass is 35.5. The minimum Gasteiger partial charge on any atom is -0.507 e. The molecule has 0 aliphatic heterocycles. The van der Waals surface area contributed by atoms with Gasteiger partial charge in [0.15, 0.2) is 11.2 Å². The van der Waals surface area contributed by atoms with E-state index in [1.807, 2.05) is 31.2 Å². The van der Waals surface area contributed by atoms with E-state index in [0.29, 0.717) is 49.0 Å². The summed E-state index contributed by atoms with van der Waals surface area (Å²) >= 11 is 14.9. The van der Waals surface area contributed by atoms with E-state index in [-0.39, 0.29) is 22.5 Å². The Kier molecular flexibility index (Phi) is 13.2. The van der Waals surface area contributed by atoms with Crippen molar-refractivity contribution in [1.29, 1.82) is 0 Å². The fourth-order valence-electron chi connectivity index (χ4n) is 4.84. The maximum absolute atomic E-state index is 12.4. The van der Waals surface area contributed by atoms with Crippen LogP contribution in [0.2, 0.25) is 8.67 Å². The molecule has 2 heterocycles. The number of Topliss-reactive ketones (excluding diaryl/α,β-unsaturated/α-hetero) is 1. The van der Waals surface area contributed by atoms with Crippen LogP contribution in [0, 0.1) is 0 Å². The van der Waals surface area contributed by atoms with Crippen LogP contribution in [0.4, 0.5) is 0 Å². The number of thioether (sulfide) groups is 1. The predicted octanol–water partition coefficient (Wildman–Crippen LogP) is 9.28. The first-order valence-corrected chi connectivity index (χ1v) is 17.4. The summed E-state index contributed by atoms with van der Waals surface area (Å²) in [6, 6.07) is 10.8. The average molecular weight is 718 g/mol. The van der Waals surface area contributed by atoms with Gasteiger partial charge in [0, 0.05) is 22.1 Å². The molecule has 0 saturated heterocycles. The molecule has 0 saturated carbocycles. The molecule has 2 unspecified atom stereocenters. The number of halogens is 2. The Labute approximate surface area is 290 Å². The molecule has 3 N–H and O–H groups in total. The Morgan fingerprint density at radius 2 is 1.89 bits per heavy atom. The number of carboxylic acid groups (broad SMARTS) is 1. The van der Waals surface area contributed by atoms with Crippen molar-refractivity contribution in [2.24, 2.45) is 0 Å². The van der Waals surface area contributed by atoms with Gasteiger partial charge in [-0.25, -0.2) is 4.79 Å². The molecule has 4 rings (SSSR count). The third-order valence-electron chi connectivity index (χ3n) is 7.19. The number of aliphatic hydroxyl groups is 1. The second-order valence-electron chi connectivity index (χ2n) is 10.6. The maximum atomic E-state index is 12.4. The summed E-state index contributed by atoms with van der Waals surface area (Å²) in [5.41, 5.74) is 1.11. The zero-order chi connectivity index (χ0) is 34.1. The number of carbonyl (C=O) groups is 2. The number of rotatable bonds is 16. The van der Waals surface area contributed by atoms with Crippen LogP contribution >= 0.6 is 46.3 Å². The molecule has 0 radical (unpaired) electrons. The van der Waals surface area contributed by atoms with Gasteiger partial charge < -0.3 is 24.5 Å². The van der Waals surface area contributed by atoms with Gasteiger partial charge in [0.05, 0.1) is 33.2 Å². The number of aromatic hydroxyl groups is 1. The Hall–Kier alpha value is -3.54. The van der Waals surface area contributed by atoms with Crippen LogP contribution in [-0.4, -0.2) is 38.9 Å². The molecule has 0 amide bonds. The molecule has 2 atom stereocenters. The number of unbranched alkanes of at least 4 members (excludes halogenated alkanes) is 2. The van der Waals surface area contributed by atoms with E-state index < -0.39 is 28.5 Å². The number of aromatic carboxylic acids is 1. The summed E-state index contributed by atoms with van der Waals surface area (Å²) in [4.78, 5) is 36.2. The van der Waals surface area contributed by atoms with Gasteiger partial charge in [0.2, 0.25) is 5.76 Å². The van der Waals surface area contributed by atoms with Crippen LogP contribution in [0.15, 0.2) is 80.9 Å². The first-order valence-electron chi connectivity index (χ1n) is 14.9. The standard InChI is InChI=1S/C35H34Cl2O8S2/c1-3-10-24-27(15-14-22(20(2)38)32(24)40)44-16-9-7-5-4-6-8-11-30(33(41)25-18-31(36)47-34(25)37)46-21-12-13-23-26(39)19-29(35(42)43)45-28(23)17-21/h4,6,8,11-15,17-19,30,33,40-41H,3,5,7,9-10,16H2,1-2H3,(H,42,43)/b6-4-,11-8+. The van der Waals surface area contributed by atoms with E-state index in [9.17, 15) is 29.7 Å². The third-order valence-corrected chi connectivity index (χ3v) is 9.92. The van der Waals surface area contributed by atoms with Crippen molar-refractivity contribution in [2.75, 3.05) is 6.61 Å². The fraction of sp³-hybridized carbons (Fsp3) is 0.286. The predicted molar refractivity (Wildman–Crippen MR) is 188 cm³/mol. The van der Waals surface area contributed by atoms with Gasteiger partial charge in [-0.1, -0.05) is 60.9 Å². The van der Waals surface area contributed by atoms with Crippen molar-refractivity contribution < 1.29 is 34.1 Å². The topological polar surface area (TPSA) is 134 Å². The lowest BCUT2D eigenvalue weighted by Crippen LogP contribution is -2.12. The van der Waals surface area contributed by atoms with Crippen LogP contribution in [0.3, 0.4) is 0 Å². The maximum Gasteiger partial charge on any atom is 0.371 e. The number of phenolic OH excluding ortho intramolecular Hbond substituents is 1. The van der Waals surface area contributed by atoms with E-state index in [0.717, 1.165) is 43.1 Å². The van der Waals surface area contributed by atoms with Gasteiger partial charge in [0.25, 0.3) is 0 Å². The van der Waals surface area contributed by atoms with Crippen molar-refractivity contribution in [2.45, 2.75) is 62.2 Å². The van der Waals surface area contributed by atoms with Crippen LogP contribution < -0.4 is 10.2 Å². The third kappa shape index (κ3) is 9.52. The van der Waals surface area contributed by atoms with Crippen molar-refractivity contribution >= 4 is 69.0 Å². The number of fused-ring (bicyclic) bond motifs is 1. The van der Waals surface area contributed by atoms with Crippen molar-refractivity contribution in [1.82, 2.24) is 0 Å². The monoisotopic (exact) mass is 716 g/mol. The van der Waals surface area contributed by atoms with E-state index in [1.54, 1.807) is 36.4 Å². The van der Waals surface area contributed by atoms with E-state index in [1.165, 1.54) is 18.7 Å². The number of carboxylic acids is 1. The number of hydrogen-bond acceptors (Lipinski definition) is 9. The second-order valence-corrected chi connectivity index (χ2v) is 14.2. The second kappa shape index (κ2) is 17.0. The SMILES string of the molecule is CCCc1c(OCCCC/C=C\C=C\C(Sc2ccc3c(=O)cc(C(=O)O)oc3c2)C(O)c2cc(Cl)sc2Cl)ccc(C(C)=O)c1O. The summed E-state index contributed by atoms with van der Waals surface area (Å²) in [6.07, 6.45) is 10.4. The molecule has 8 nitrogen and oxygen atoms in total. The Balaban J connectivity index is 1.39. The van der Waals surface area contributed by atoms with E-state index >= 15 is 0 Å². The highest BCUT2D eigenvalue weighted by Crippen LogP contribution is 2.41. The summed E-state index contributed by atoms with van der Waals surface area (Å²) in [7, 11) is 0. The highest BCUT2D eigenvalue weighted by molar-refractivity contribution is 8.00. The van der Waals surface area contributed by atoms with Crippen molar-refractivity contribution in [3.63, 3.8) is 0 Å². The van der Waals surface area contributed by atoms with Crippen molar-refractivity contribution in [3.05, 3.63) is 108 Å². The largest absolute Gasteiger partial charge is 0.507 e. The van der Waals surface area contributed by atoms with E-state index in [4.69, 9.17) is 32.4 Å².